The molecule has 8 heteroatoms. The molecule has 0 aliphatic carbocycles. The summed E-state index contributed by atoms with van der Waals surface area (Å²) in [4.78, 5) is 6.66. The largest absolute Gasteiger partial charge is 0.497 e. The molecule has 0 spiro atoms. The molecular formula is C15H20N2O4S2. The molecule has 0 amide bonds. The van der Waals surface area contributed by atoms with E-state index in [0.29, 0.717) is 11.5 Å². The SMILES string of the molecule is CCSC1=NC2CS(=O)(=O)CC2N1c1cc(OC)ccc1OC. The summed E-state index contributed by atoms with van der Waals surface area (Å²) in [6.07, 6.45) is 0. The van der Waals surface area contributed by atoms with E-state index < -0.39 is 9.84 Å². The fraction of sp³-hybridized carbons (Fsp3) is 0.533. The van der Waals surface area contributed by atoms with E-state index in [-0.39, 0.29) is 23.6 Å². The van der Waals surface area contributed by atoms with E-state index in [1.54, 1.807) is 26.0 Å². The van der Waals surface area contributed by atoms with Crippen molar-refractivity contribution < 1.29 is 17.9 Å². The minimum atomic E-state index is -3.05. The highest BCUT2D eigenvalue weighted by atomic mass is 32.2. The van der Waals surface area contributed by atoms with E-state index in [9.17, 15) is 8.42 Å². The van der Waals surface area contributed by atoms with Gasteiger partial charge in [0, 0.05) is 6.07 Å². The summed E-state index contributed by atoms with van der Waals surface area (Å²) >= 11 is 1.62. The van der Waals surface area contributed by atoms with Gasteiger partial charge in [-0.2, -0.15) is 0 Å². The number of methoxy groups -OCH3 is 2. The van der Waals surface area contributed by atoms with Crippen LogP contribution in [-0.4, -0.2) is 57.1 Å². The van der Waals surface area contributed by atoms with Crippen molar-refractivity contribution in [3.05, 3.63) is 18.2 Å². The maximum absolute atomic E-state index is 12.0. The van der Waals surface area contributed by atoms with Crippen LogP contribution in [0.3, 0.4) is 0 Å². The van der Waals surface area contributed by atoms with Crippen LogP contribution in [0.4, 0.5) is 5.69 Å². The smallest absolute Gasteiger partial charge is 0.164 e. The molecule has 0 radical (unpaired) electrons. The average molecular weight is 356 g/mol. The Bertz CT molecular complexity index is 733. The molecule has 1 aromatic rings. The van der Waals surface area contributed by atoms with E-state index in [2.05, 4.69) is 11.9 Å². The summed E-state index contributed by atoms with van der Waals surface area (Å²) in [6.45, 7) is 2.05. The second kappa shape index (κ2) is 6.24. The van der Waals surface area contributed by atoms with Crippen LogP contribution < -0.4 is 14.4 Å². The highest BCUT2D eigenvalue weighted by Gasteiger charge is 2.47. The Morgan fingerprint density at radius 1 is 1.30 bits per heavy atom. The van der Waals surface area contributed by atoms with Crippen LogP contribution in [0.1, 0.15) is 6.92 Å². The topological polar surface area (TPSA) is 68.2 Å². The van der Waals surface area contributed by atoms with Gasteiger partial charge in [0.05, 0.1) is 43.5 Å². The van der Waals surface area contributed by atoms with Crippen molar-refractivity contribution >= 4 is 32.5 Å². The van der Waals surface area contributed by atoms with Crippen LogP contribution in [0.25, 0.3) is 0 Å². The van der Waals surface area contributed by atoms with Crippen LogP contribution in [0.2, 0.25) is 0 Å². The van der Waals surface area contributed by atoms with Gasteiger partial charge in [-0.15, -0.1) is 0 Å². The first kappa shape index (κ1) is 16.4. The number of thioether (sulfide) groups is 1. The van der Waals surface area contributed by atoms with E-state index in [1.807, 2.05) is 23.1 Å². The number of aliphatic imine (C=N–C) groups is 1. The van der Waals surface area contributed by atoms with Gasteiger partial charge in [-0.3, -0.25) is 4.99 Å². The number of sulfone groups is 1. The fourth-order valence-corrected chi connectivity index (χ4v) is 5.71. The first-order chi connectivity index (χ1) is 11.0. The Kier molecular flexibility index (Phi) is 4.46. The first-order valence-corrected chi connectivity index (χ1v) is 10.2. The summed E-state index contributed by atoms with van der Waals surface area (Å²) in [5.74, 6) is 2.49. The van der Waals surface area contributed by atoms with Gasteiger partial charge >= 0.3 is 0 Å². The Morgan fingerprint density at radius 2 is 2.09 bits per heavy atom. The third-order valence-corrected chi connectivity index (χ3v) is 6.57. The molecule has 2 heterocycles. The summed E-state index contributed by atoms with van der Waals surface area (Å²) < 4.78 is 34.8. The number of benzene rings is 1. The lowest BCUT2D eigenvalue weighted by atomic mass is 10.1. The molecule has 1 saturated heterocycles. The second-order valence-electron chi connectivity index (χ2n) is 5.46. The predicted octanol–water partition coefficient (Wildman–Crippen LogP) is 1.80. The molecule has 2 aliphatic heterocycles. The number of nitrogens with zero attached hydrogens (tertiary/aromatic N) is 2. The number of rotatable bonds is 4. The highest BCUT2D eigenvalue weighted by Crippen LogP contribution is 2.41. The Labute approximate surface area is 140 Å². The molecule has 23 heavy (non-hydrogen) atoms. The average Bonchev–Trinajstić information content (AvgIpc) is 2.98. The molecule has 2 aliphatic rings. The number of anilines is 1. The summed E-state index contributed by atoms with van der Waals surface area (Å²) in [5, 5.41) is 0.851. The Morgan fingerprint density at radius 3 is 2.74 bits per heavy atom. The van der Waals surface area contributed by atoms with Crippen molar-refractivity contribution in [3.63, 3.8) is 0 Å². The molecule has 0 aromatic heterocycles. The summed E-state index contributed by atoms with van der Waals surface area (Å²) in [7, 11) is 0.160. The fourth-order valence-electron chi connectivity index (χ4n) is 3.03. The highest BCUT2D eigenvalue weighted by molar-refractivity contribution is 8.14. The van der Waals surface area contributed by atoms with E-state index in [4.69, 9.17) is 9.47 Å². The van der Waals surface area contributed by atoms with Crippen molar-refractivity contribution in [1.82, 2.24) is 0 Å². The van der Waals surface area contributed by atoms with Gasteiger partial charge in [-0.25, -0.2) is 8.42 Å². The van der Waals surface area contributed by atoms with Gasteiger partial charge in [-0.1, -0.05) is 18.7 Å². The molecule has 6 nitrogen and oxygen atoms in total. The molecule has 0 saturated carbocycles. The number of fused-ring (bicyclic) bond motifs is 1. The molecule has 0 N–H and O–H groups in total. The van der Waals surface area contributed by atoms with Crippen molar-refractivity contribution in [3.8, 4) is 11.5 Å². The number of ether oxygens (including phenoxy) is 2. The number of hydrogen-bond acceptors (Lipinski definition) is 7. The standard InChI is InChI=1S/C15H20N2O4S2/c1-4-22-15-16-11-8-23(18,19)9-13(11)17(15)12-7-10(20-2)5-6-14(12)21-3/h5-7,11,13H,4,8-9H2,1-3H3. The van der Waals surface area contributed by atoms with Crippen LogP contribution >= 0.6 is 11.8 Å². The van der Waals surface area contributed by atoms with Crippen LogP contribution in [-0.2, 0) is 9.84 Å². The van der Waals surface area contributed by atoms with Crippen LogP contribution in [0.5, 0.6) is 11.5 Å². The molecular weight excluding hydrogens is 336 g/mol. The van der Waals surface area contributed by atoms with Crippen molar-refractivity contribution in [2.45, 2.75) is 19.0 Å². The number of hydrogen-bond donors (Lipinski definition) is 0. The zero-order chi connectivity index (χ0) is 16.6. The third kappa shape index (κ3) is 3.01. The zero-order valence-electron chi connectivity index (χ0n) is 13.4. The maximum Gasteiger partial charge on any atom is 0.164 e. The second-order valence-corrected chi connectivity index (χ2v) is 8.85. The van der Waals surface area contributed by atoms with Gasteiger partial charge in [-0.05, 0) is 17.9 Å². The van der Waals surface area contributed by atoms with Crippen molar-refractivity contribution in [1.29, 1.82) is 0 Å². The lowest BCUT2D eigenvalue weighted by Crippen LogP contribution is -2.39. The van der Waals surface area contributed by atoms with Crippen LogP contribution in [0, 0.1) is 0 Å². The van der Waals surface area contributed by atoms with Gasteiger partial charge in [0.1, 0.15) is 11.5 Å². The van der Waals surface area contributed by atoms with Gasteiger partial charge < -0.3 is 14.4 Å². The van der Waals surface area contributed by atoms with E-state index in [0.717, 1.165) is 16.6 Å². The molecule has 2 atom stereocenters. The van der Waals surface area contributed by atoms with Crippen LogP contribution in [0.15, 0.2) is 23.2 Å². The van der Waals surface area contributed by atoms with E-state index in [1.165, 1.54) is 0 Å². The zero-order valence-corrected chi connectivity index (χ0v) is 15.0. The molecule has 1 aromatic carbocycles. The Hall–Kier alpha value is -1.41. The monoisotopic (exact) mass is 356 g/mol. The predicted molar refractivity (Wildman–Crippen MR) is 93.8 cm³/mol. The quantitative estimate of drug-likeness (QED) is 0.819. The summed E-state index contributed by atoms with van der Waals surface area (Å²) in [5.41, 5.74) is 0.802. The van der Waals surface area contributed by atoms with E-state index >= 15 is 0 Å². The molecule has 2 unspecified atom stereocenters. The first-order valence-electron chi connectivity index (χ1n) is 7.41. The molecule has 0 bridgehead atoms. The van der Waals surface area contributed by atoms with Gasteiger partial charge in [0.25, 0.3) is 0 Å². The van der Waals surface area contributed by atoms with Gasteiger partial charge in [0.2, 0.25) is 0 Å². The molecule has 1 fully saturated rings. The maximum atomic E-state index is 12.0. The third-order valence-electron chi connectivity index (χ3n) is 4.03. The lowest BCUT2D eigenvalue weighted by Gasteiger charge is -2.28. The van der Waals surface area contributed by atoms with Crippen molar-refractivity contribution in [2.75, 3.05) is 36.4 Å². The Balaban J connectivity index is 2.07. The van der Waals surface area contributed by atoms with Gasteiger partial charge in [0.15, 0.2) is 15.0 Å². The normalized spacial score (nSPS) is 25.2. The number of amidine groups is 1. The minimum Gasteiger partial charge on any atom is -0.497 e. The molecule has 3 rings (SSSR count). The minimum absolute atomic E-state index is 0.119. The van der Waals surface area contributed by atoms with Crippen molar-refractivity contribution in [2.24, 2.45) is 4.99 Å². The summed E-state index contributed by atoms with van der Waals surface area (Å²) in [6, 6.07) is 5.15. The lowest BCUT2D eigenvalue weighted by molar-refractivity contribution is 0.403. The molecule has 126 valence electrons.